The number of Topliss-reactive ketones (excluding diaryl/α,β-unsaturated/α-hetero) is 1. The zero-order chi connectivity index (χ0) is 12.8. The lowest BCUT2D eigenvalue weighted by Crippen LogP contribution is -2.59. The molecule has 0 aromatic carbocycles. The normalized spacial score (nSPS) is 44.9. The van der Waals surface area contributed by atoms with Crippen LogP contribution in [0.2, 0.25) is 0 Å². The Balaban J connectivity index is 2.38. The quantitative estimate of drug-likeness (QED) is 0.648. The molecule has 3 nitrogen and oxygen atoms in total. The summed E-state index contributed by atoms with van der Waals surface area (Å²) in [4.78, 5) is 12.3. The van der Waals surface area contributed by atoms with Gasteiger partial charge in [-0.15, -0.1) is 0 Å². The van der Waals surface area contributed by atoms with E-state index in [0.29, 0.717) is 6.42 Å². The van der Waals surface area contributed by atoms with Crippen molar-refractivity contribution in [2.75, 3.05) is 0 Å². The molecule has 0 N–H and O–H groups in total. The monoisotopic (exact) mass is 235 g/mol. The van der Waals surface area contributed by atoms with E-state index in [9.17, 15) is 4.79 Å². The minimum Gasteiger partial charge on any atom is -0.374 e. The summed E-state index contributed by atoms with van der Waals surface area (Å²) in [7, 11) is 0. The first-order valence-corrected chi connectivity index (χ1v) is 6.40. The first-order chi connectivity index (χ1) is 7.81. The van der Waals surface area contributed by atoms with Crippen LogP contribution in [0, 0.1) is 28.1 Å². The molecule has 4 atom stereocenters. The largest absolute Gasteiger partial charge is 0.374 e. The highest BCUT2D eigenvalue weighted by molar-refractivity contribution is 5.90. The number of ketones is 1. The SMILES string of the molecule is C[C@H]1CCC2(C)CC(C#N)C(=O)C(C)(C)[C@@H]2O1. The Bertz CT molecular complexity index is 382. The third kappa shape index (κ3) is 1.79. The highest BCUT2D eigenvalue weighted by atomic mass is 16.5. The number of fused-ring (bicyclic) bond motifs is 1. The smallest absolute Gasteiger partial charge is 0.158 e. The molecule has 1 saturated carbocycles. The third-order valence-corrected chi connectivity index (χ3v) is 4.56. The maximum absolute atomic E-state index is 12.3. The van der Waals surface area contributed by atoms with Crippen LogP contribution < -0.4 is 0 Å². The Morgan fingerprint density at radius 2 is 2.06 bits per heavy atom. The Labute approximate surface area is 103 Å². The molecule has 0 radical (unpaired) electrons. The van der Waals surface area contributed by atoms with Gasteiger partial charge in [-0.1, -0.05) is 20.8 Å². The lowest BCUT2D eigenvalue weighted by molar-refractivity contribution is -0.194. The summed E-state index contributed by atoms with van der Waals surface area (Å²) in [5.74, 6) is -0.403. The lowest BCUT2D eigenvalue weighted by atomic mass is 9.55. The van der Waals surface area contributed by atoms with E-state index in [-0.39, 0.29) is 23.4 Å². The molecule has 0 bridgehead atoms. The van der Waals surface area contributed by atoms with Crippen molar-refractivity contribution in [3.63, 3.8) is 0 Å². The number of ether oxygens (including phenoxy) is 1. The minimum absolute atomic E-state index is 0.0235. The number of hydrogen-bond donors (Lipinski definition) is 0. The van der Waals surface area contributed by atoms with Crippen molar-refractivity contribution in [2.45, 2.75) is 59.2 Å². The van der Waals surface area contributed by atoms with E-state index >= 15 is 0 Å². The van der Waals surface area contributed by atoms with Crippen molar-refractivity contribution in [3.05, 3.63) is 0 Å². The molecule has 1 saturated heterocycles. The Kier molecular flexibility index (Phi) is 2.82. The van der Waals surface area contributed by atoms with Gasteiger partial charge in [0, 0.05) is 0 Å². The van der Waals surface area contributed by atoms with E-state index in [1.54, 1.807) is 0 Å². The van der Waals surface area contributed by atoms with Crippen LogP contribution in [0.15, 0.2) is 0 Å². The predicted octanol–water partition coefficient (Wildman–Crippen LogP) is 2.70. The number of nitriles is 1. The first kappa shape index (κ1) is 12.6. The molecule has 0 aromatic rings. The van der Waals surface area contributed by atoms with Gasteiger partial charge in [0.15, 0.2) is 5.78 Å². The van der Waals surface area contributed by atoms with Gasteiger partial charge < -0.3 is 4.74 Å². The molecule has 1 aliphatic heterocycles. The van der Waals surface area contributed by atoms with Crippen LogP contribution in [-0.2, 0) is 9.53 Å². The predicted molar refractivity (Wildman–Crippen MR) is 64.2 cm³/mol. The maximum Gasteiger partial charge on any atom is 0.158 e. The van der Waals surface area contributed by atoms with Crippen LogP contribution in [0.1, 0.15) is 47.0 Å². The number of carbonyl (C=O) groups is 1. The van der Waals surface area contributed by atoms with Crippen molar-refractivity contribution in [2.24, 2.45) is 16.7 Å². The van der Waals surface area contributed by atoms with E-state index in [0.717, 1.165) is 12.8 Å². The number of nitrogens with zero attached hydrogens (tertiary/aromatic N) is 1. The summed E-state index contributed by atoms with van der Waals surface area (Å²) < 4.78 is 6.04. The van der Waals surface area contributed by atoms with Crippen molar-refractivity contribution in [1.82, 2.24) is 0 Å². The van der Waals surface area contributed by atoms with Gasteiger partial charge >= 0.3 is 0 Å². The first-order valence-electron chi connectivity index (χ1n) is 6.40. The van der Waals surface area contributed by atoms with Crippen LogP contribution in [0.25, 0.3) is 0 Å². The van der Waals surface area contributed by atoms with Gasteiger partial charge in [-0.05, 0) is 31.6 Å². The zero-order valence-corrected chi connectivity index (χ0v) is 11.1. The van der Waals surface area contributed by atoms with Gasteiger partial charge in [-0.25, -0.2) is 0 Å². The lowest BCUT2D eigenvalue weighted by Gasteiger charge is -2.54. The molecule has 0 amide bonds. The fourth-order valence-corrected chi connectivity index (χ4v) is 3.62. The molecule has 1 heterocycles. The number of rotatable bonds is 0. The minimum atomic E-state index is -0.540. The highest BCUT2D eigenvalue weighted by Crippen LogP contribution is 2.53. The summed E-state index contributed by atoms with van der Waals surface area (Å²) in [6, 6.07) is 2.17. The van der Waals surface area contributed by atoms with E-state index in [4.69, 9.17) is 10.00 Å². The summed E-state index contributed by atoms with van der Waals surface area (Å²) in [5.41, 5.74) is -0.563. The maximum atomic E-state index is 12.3. The fourth-order valence-electron chi connectivity index (χ4n) is 3.62. The van der Waals surface area contributed by atoms with Gasteiger partial charge in [0.25, 0.3) is 0 Å². The fraction of sp³-hybridized carbons (Fsp3) is 0.857. The highest BCUT2D eigenvalue weighted by Gasteiger charge is 2.57. The number of hydrogen-bond acceptors (Lipinski definition) is 3. The average molecular weight is 235 g/mol. The molecule has 3 heteroatoms. The van der Waals surface area contributed by atoms with Gasteiger partial charge in [0.2, 0.25) is 0 Å². The summed E-state index contributed by atoms with van der Waals surface area (Å²) in [5, 5.41) is 9.14. The number of carbonyl (C=O) groups excluding carboxylic acids is 1. The van der Waals surface area contributed by atoms with Gasteiger partial charge in [-0.2, -0.15) is 5.26 Å². The second kappa shape index (κ2) is 3.81. The molecular weight excluding hydrogens is 214 g/mol. The van der Waals surface area contributed by atoms with Crippen LogP contribution in [-0.4, -0.2) is 18.0 Å². The van der Waals surface area contributed by atoms with Gasteiger partial charge in [0.1, 0.15) is 5.92 Å². The van der Waals surface area contributed by atoms with E-state index in [2.05, 4.69) is 19.9 Å². The van der Waals surface area contributed by atoms with E-state index in [1.165, 1.54) is 0 Å². The third-order valence-electron chi connectivity index (χ3n) is 4.56. The Morgan fingerprint density at radius 1 is 1.41 bits per heavy atom. The molecule has 2 fully saturated rings. The Morgan fingerprint density at radius 3 is 2.65 bits per heavy atom. The topological polar surface area (TPSA) is 50.1 Å². The van der Waals surface area contributed by atoms with Crippen molar-refractivity contribution in [3.8, 4) is 6.07 Å². The van der Waals surface area contributed by atoms with Crippen LogP contribution in [0.3, 0.4) is 0 Å². The van der Waals surface area contributed by atoms with E-state index in [1.807, 2.05) is 13.8 Å². The standard InChI is InChI=1S/C14H21NO2/c1-9-5-6-14(4)7-10(8-15)11(16)13(2,3)12(14)17-9/h9-10,12H,5-7H2,1-4H3/t9-,10?,12-,14?/m0/s1. The molecule has 1 aliphatic carbocycles. The van der Waals surface area contributed by atoms with Crippen molar-refractivity contribution in [1.29, 1.82) is 5.26 Å². The molecule has 2 rings (SSSR count). The van der Waals surface area contributed by atoms with Crippen molar-refractivity contribution >= 4 is 5.78 Å². The molecular formula is C14H21NO2. The zero-order valence-electron chi connectivity index (χ0n) is 11.1. The van der Waals surface area contributed by atoms with Crippen molar-refractivity contribution < 1.29 is 9.53 Å². The van der Waals surface area contributed by atoms with Crippen LogP contribution in [0.5, 0.6) is 0 Å². The summed E-state index contributed by atoms with van der Waals surface area (Å²) in [6.07, 6.45) is 2.90. The molecule has 2 unspecified atom stereocenters. The van der Waals surface area contributed by atoms with Gasteiger partial charge in [0.05, 0.1) is 23.7 Å². The van der Waals surface area contributed by atoms with Gasteiger partial charge in [-0.3, -0.25) is 4.79 Å². The summed E-state index contributed by atoms with van der Waals surface area (Å²) in [6.45, 7) is 8.10. The molecule has 94 valence electrons. The average Bonchev–Trinajstić information content (AvgIpc) is 2.27. The molecule has 0 spiro atoms. The van der Waals surface area contributed by atoms with Crippen LogP contribution >= 0.6 is 0 Å². The molecule has 0 aromatic heterocycles. The Hall–Kier alpha value is -0.880. The second-order valence-electron chi connectivity index (χ2n) is 6.49. The van der Waals surface area contributed by atoms with Crippen LogP contribution in [0.4, 0.5) is 0 Å². The molecule has 2 aliphatic rings. The second-order valence-corrected chi connectivity index (χ2v) is 6.49. The van der Waals surface area contributed by atoms with E-state index < -0.39 is 11.3 Å². The molecule has 17 heavy (non-hydrogen) atoms. The summed E-state index contributed by atoms with van der Waals surface area (Å²) >= 11 is 0.